The summed E-state index contributed by atoms with van der Waals surface area (Å²) in [4.78, 5) is 16.9. The molecule has 0 radical (unpaired) electrons. The van der Waals surface area contributed by atoms with Crippen LogP contribution in [0.4, 0.5) is 19.0 Å². The van der Waals surface area contributed by atoms with Crippen molar-refractivity contribution in [2.45, 2.75) is 25.1 Å². The summed E-state index contributed by atoms with van der Waals surface area (Å²) in [6.45, 7) is 1.06. The zero-order chi connectivity index (χ0) is 15.5. The number of nitrogens with one attached hydrogen (secondary N) is 1. The Labute approximate surface area is 119 Å². The van der Waals surface area contributed by atoms with Gasteiger partial charge < -0.3 is 10.2 Å². The van der Waals surface area contributed by atoms with Crippen LogP contribution in [0, 0.1) is 11.3 Å². The van der Waals surface area contributed by atoms with Crippen molar-refractivity contribution in [3.05, 3.63) is 23.9 Å². The zero-order valence-corrected chi connectivity index (χ0v) is 11.0. The molecule has 21 heavy (non-hydrogen) atoms. The number of carbonyl (C=O) groups excluding carboxylic acids is 1. The zero-order valence-electron chi connectivity index (χ0n) is 11.0. The van der Waals surface area contributed by atoms with Crippen molar-refractivity contribution in [1.82, 2.24) is 10.3 Å². The summed E-state index contributed by atoms with van der Waals surface area (Å²) in [6.07, 6.45) is -3.13. The van der Waals surface area contributed by atoms with Gasteiger partial charge in [0.25, 0.3) is 0 Å². The number of amides is 1. The molecule has 112 valence electrons. The van der Waals surface area contributed by atoms with Gasteiger partial charge in [0.2, 0.25) is 5.91 Å². The van der Waals surface area contributed by atoms with Crippen LogP contribution in [0.25, 0.3) is 0 Å². The van der Waals surface area contributed by atoms with Gasteiger partial charge in [0.1, 0.15) is 12.2 Å². The standard InChI is InChI=1S/C13H13F3N4O/c14-13(15,16)9-1-2-11(18-7-9)20-6-4-10(8-20)19-12(21)3-5-17/h1-2,7,10H,3-4,6,8H2,(H,19,21). The van der Waals surface area contributed by atoms with Gasteiger partial charge in [-0.15, -0.1) is 0 Å². The SMILES string of the molecule is N#CCC(=O)NC1CCN(c2ccc(C(F)(F)F)cn2)C1. The quantitative estimate of drug-likeness (QED) is 0.922. The van der Waals surface area contributed by atoms with E-state index in [4.69, 9.17) is 5.26 Å². The van der Waals surface area contributed by atoms with E-state index in [0.717, 1.165) is 12.3 Å². The number of carbonyl (C=O) groups is 1. The molecule has 5 nitrogen and oxygen atoms in total. The van der Waals surface area contributed by atoms with E-state index in [1.54, 1.807) is 11.0 Å². The lowest BCUT2D eigenvalue weighted by Gasteiger charge is -2.18. The first-order valence-electron chi connectivity index (χ1n) is 6.34. The van der Waals surface area contributed by atoms with Gasteiger partial charge in [0, 0.05) is 25.3 Å². The van der Waals surface area contributed by atoms with Gasteiger partial charge in [-0.05, 0) is 18.6 Å². The van der Waals surface area contributed by atoms with Crippen LogP contribution in [0.1, 0.15) is 18.4 Å². The van der Waals surface area contributed by atoms with Crippen LogP contribution in [-0.2, 0) is 11.0 Å². The van der Waals surface area contributed by atoms with Gasteiger partial charge in [-0.1, -0.05) is 0 Å². The lowest BCUT2D eigenvalue weighted by Crippen LogP contribution is -2.36. The molecule has 1 amide bonds. The Morgan fingerprint density at radius 3 is 2.86 bits per heavy atom. The highest BCUT2D eigenvalue weighted by Gasteiger charge is 2.31. The van der Waals surface area contributed by atoms with E-state index in [-0.39, 0.29) is 18.4 Å². The van der Waals surface area contributed by atoms with Crippen LogP contribution in [0.2, 0.25) is 0 Å². The molecule has 1 atom stereocenters. The van der Waals surface area contributed by atoms with Crippen LogP contribution in [-0.4, -0.2) is 30.0 Å². The normalized spacial score (nSPS) is 18.4. The molecule has 0 bridgehead atoms. The first-order valence-corrected chi connectivity index (χ1v) is 6.34. The minimum absolute atomic E-state index is 0.116. The van der Waals surface area contributed by atoms with Crippen LogP contribution in [0.15, 0.2) is 18.3 Å². The molecule has 8 heteroatoms. The Balaban J connectivity index is 1.95. The van der Waals surface area contributed by atoms with Crippen LogP contribution in [0.5, 0.6) is 0 Å². The number of pyridine rings is 1. The number of anilines is 1. The lowest BCUT2D eigenvalue weighted by atomic mass is 10.2. The second kappa shape index (κ2) is 5.99. The topological polar surface area (TPSA) is 69.0 Å². The lowest BCUT2D eigenvalue weighted by molar-refractivity contribution is -0.137. The Morgan fingerprint density at radius 2 is 2.29 bits per heavy atom. The summed E-state index contributed by atoms with van der Waals surface area (Å²) < 4.78 is 37.3. The molecule has 0 aromatic carbocycles. The second-order valence-electron chi connectivity index (χ2n) is 4.74. The number of hydrogen-bond donors (Lipinski definition) is 1. The number of nitrogens with zero attached hydrogens (tertiary/aromatic N) is 3. The number of halogens is 3. The van der Waals surface area contributed by atoms with Crippen LogP contribution in [0.3, 0.4) is 0 Å². The molecule has 1 fully saturated rings. The molecule has 1 N–H and O–H groups in total. The van der Waals surface area contributed by atoms with Crippen molar-refractivity contribution in [2.75, 3.05) is 18.0 Å². The molecule has 1 aromatic rings. The predicted octanol–water partition coefficient (Wildman–Crippen LogP) is 1.71. The van der Waals surface area contributed by atoms with Crippen molar-refractivity contribution in [3.63, 3.8) is 0 Å². The maximum Gasteiger partial charge on any atom is 0.417 e. The number of rotatable bonds is 3. The number of aromatic nitrogens is 1. The molecular weight excluding hydrogens is 285 g/mol. The molecule has 0 aliphatic carbocycles. The predicted molar refractivity (Wildman–Crippen MR) is 68.2 cm³/mol. The van der Waals surface area contributed by atoms with E-state index >= 15 is 0 Å². The summed E-state index contributed by atoms with van der Waals surface area (Å²) in [7, 11) is 0. The summed E-state index contributed by atoms with van der Waals surface area (Å²) in [5.41, 5.74) is -0.788. The Kier molecular flexibility index (Phi) is 4.31. The van der Waals surface area contributed by atoms with Crippen molar-refractivity contribution >= 4 is 11.7 Å². The summed E-state index contributed by atoms with van der Waals surface area (Å²) in [5, 5.41) is 11.1. The molecule has 1 aromatic heterocycles. The average Bonchev–Trinajstić information content (AvgIpc) is 2.86. The molecule has 0 spiro atoms. The molecule has 1 unspecified atom stereocenters. The van der Waals surface area contributed by atoms with Gasteiger partial charge in [-0.25, -0.2) is 4.98 Å². The van der Waals surface area contributed by atoms with Crippen molar-refractivity contribution < 1.29 is 18.0 Å². The van der Waals surface area contributed by atoms with E-state index in [1.165, 1.54) is 6.07 Å². The third kappa shape index (κ3) is 3.84. The molecule has 1 aliphatic heterocycles. The fraction of sp³-hybridized carbons (Fsp3) is 0.462. The highest BCUT2D eigenvalue weighted by molar-refractivity contribution is 5.78. The van der Waals surface area contributed by atoms with Gasteiger partial charge in [0.15, 0.2) is 0 Å². The fourth-order valence-corrected chi connectivity index (χ4v) is 2.18. The van der Waals surface area contributed by atoms with E-state index in [9.17, 15) is 18.0 Å². The van der Waals surface area contributed by atoms with E-state index in [2.05, 4.69) is 10.3 Å². The minimum atomic E-state index is -4.40. The highest BCUT2D eigenvalue weighted by atomic mass is 19.4. The van der Waals surface area contributed by atoms with Gasteiger partial charge >= 0.3 is 6.18 Å². The van der Waals surface area contributed by atoms with Gasteiger partial charge in [-0.2, -0.15) is 18.4 Å². The molecular formula is C13H13F3N4O. The summed E-state index contributed by atoms with van der Waals surface area (Å²) >= 11 is 0. The molecule has 1 aliphatic rings. The Bertz CT molecular complexity index is 550. The van der Waals surface area contributed by atoms with Crippen LogP contribution >= 0.6 is 0 Å². The largest absolute Gasteiger partial charge is 0.417 e. The first-order chi connectivity index (χ1) is 9.90. The molecule has 2 heterocycles. The number of nitriles is 1. The van der Waals surface area contributed by atoms with E-state index in [1.807, 2.05) is 0 Å². The average molecular weight is 298 g/mol. The smallest absolute Gasteiger partial charge is 0.354 e. The third-order valence-corrected chi connectivity index (χ3v) is 3.19. The minimum Gasteiger partial charge on any atom is -0.354 e. The first kappa shape index (κ1) is 15.1. The number of hydrogen-bond acceptors (Lipinski definition) is 4. The van der Waals surface area contributed by atoms with Crippen LogP contribution < -0.4 is 10.2 Å². The summed E-state index contributed by atoms with van der Waals surface area (Å²) in [6, 6.07) is 3.96. The van der Waals surface area contributed by atoms with Crippen molar-refractivity contribution in [3.8, 4) is 6.07 Å². The van der Waals surface area contributed by atoms with Crippen molar-refractivity contribution in [1.29, 1.82) is 5.26 Å². The van der Waals surface area contributed by atoms with Gasteiger partial charge in [0.05, 0.1) is 11.6 Å². The van der Waals surface area contributed by atoms with E-state index < -0.39 is 11.7 Å². The summed E-state index contributed by atoms with van der Waals surface area (Å²) in [5.74, 6) is 0.102. The van der Waals surface area contributed by atoms with Gasteiger partial charge in [-0.3, -0.25) is 4.79 Å². The fourth-order valence-electron chi connectivity index (χ4n) is 2.18. The van der Waals surface area contributed by atoms with Crippen molar-refractivity contribution in [2.24, 2.45) is 0 Å². The Morgan fingerprint density at radius 1 is 1.52 bits per heavy atom. The van der Waals surface area contributed by atoms with E-state index in [0.29, 0.717) is 25.3 Å². The second-order valence-corrected chi connectivity index (χ2v) is 4.74. The maximum atomic E-state index is 12.4. The monoisotopic (exact) mass is 298 g/mol. The molecule has 1 saturated heterocycles. The highest BCUT2D eigenvalue weighted by Crippen LogP contribution is 2.29. The number of alkyl halides is 3. The molecule has 0 saturated carbocycles. The Hall–Kier alpha value is -2.30. The molecule has 2 rings (SSSR count). The maximum absolute atomic E-state index is 12.4. The third-order valence-electron chi connectivity index (χ3n) is 3.19.